The van der Waals surface area contributed by atoms with Crippen molar-refractivity contribution in [2.24, 2.45) is 0 Å². The summed E-state index contributed by atoms with van der Waals surface area (Å²) in [6, 6.07) is 6.47. The summed E-state index contributed by atoms with van der Waals surface area (Å²) in [7, 11) is 0. The first-order valence-electron chi connectivity index (χ1n) is 6.35. The third-order valence-electron chi connectivity index (χ3n) is 2.89. The Hall–Kier alpha value is -1.58. The van der Waals surface area contributed by atoms with Gasteiger partial charge < -0.3 is 10.0 Å². The fourth-order valence-corrected chi connectivity index (χ4v) is 1.88. The molecule has 18 heavy (non-hydrogen) atoms. The summed E-state index contributed by atoms with van der Waals surface area (Å²) in [4.78, 5) is 12.5. The van der Waals surface area contributed by atoms with E-state index in [0.717, 1.165) is 38.0 Å². The second-order valence-electron chi connectivity index (χ2n) is 4.26. The van der Waals surface area contributed by atoms with Crippen molar-refractivity contribution in [2.45, 2.75) is 32.6 Å². The van der Waals surface area contributed by atoms with Crippen LogP contribution in [0.1, 0.15) is 32.6 Å². The van der Waals surface area contributed by atoms with E-state index >= 15 is 0 Å². The van der Waals surface area contributed by atoms with Crippen LogP contribution < -0.4 is 4.90 Å². The van der Waals surface area contributed by atoms with Crippen molar-refractivity contribution in [2.75, 3.05) is 18.0 Å². The molecule has 0 radical (unpaired) electrons. The number of unbranched alkanes of at least 4 members (excludes halogenated alkanes) is 2. The van der Waals surface area contributed by atoms with Gasteiger partial charge in [0.1, 0.15) is 5.82 Å². The van der Waals surface area contributed by atoms with Gasteiger partial charge in [-0.1, -0.05) is 6.42 Å². The van der Waals surface area contributed by atoms with Gasteiger partial charge in [-0.25, -0.2) is 4.39 Å². The summed E-state index contributed by atoms with van der Waals surface area (Å²) in [6.45, 7) is 3.80. The van der Waals surface area contributed by atoms with Gasteiger partial charge in [0.2, 0.25) is 0 Å². The highest BCUT2D eigenvalue weighted by atomic mass is 19.1. The monoisotopic (exact) mass is 253 g/mol. The van der Waals surface area contributed by atoms with Crippen molar-refractivity contribution in [3.63, 3.8) is 0 Å². The lowest BCUT2D eigenvalue weighted by atomic mass is 10.2. The van der Waals surface area contributed by atoms with Gasteiger partial charge in [-0.15, -0.1) is 0 Å². The van der Waals surface area contributed by atoms with Crippen LogP contribution in [0.3, 0.4) is 0 Å². The van der Waals surface area contributed by atoms with Gasteiger partial charge in [-0.3, -0.25) is 4.79 Å². The molecule has 0 saturated carbocycles. The average molecular weight is 253 g/mol. The number of aliphatic carboxylic acids is 1. The molecule has 0 atom stereocenters. The average Bonchev–Trinajstić information content (AvgIpc) is 2.35. The third kappa shape index (κ3) is 5.17. The predicted molar refractivity (Wildman–Crippen MR) is 70.4 cm³/mol. The fourth-order valence-electron chi connectivity index (χ4n) is 1.88. The number of nitrogens with zero attached hydrogens (tertiary/aromatic N) is 1. The van der Waals surface area contributed by atoms with E-state index in [1.54, 1.807) is 12.1 Å². The Morgan fingerprint density at radius 2 is 1.89 bits per heavy atom. The molecule has 0 unspecified atom stereocenters. The summed E-state index contributed by atoms with van der Waals surface area (Å²) >= 11 is 0. The summed E-state index contributed by atoms with van der Waals surface area (Å²) in [5.41, 5.74) is 1.01. The number of anilines is 1. The van der Waals surface area contributed by atoms with E-state index in [0.29, 0.717) is 0 Å². The molecule has 1 N–H and O–H groups in total. The largest absolute Gasteiger partial charge is 0.481 e. The summed E-state index contributed by atoms with van der Waals surface area (Å²) in [6.07, 6.45) is 2.82. The van der Waals surface area contributed by atoms with E-state index in [9.17, 15) is 9.18 Å². The number of carboxylic acids is 1. The number of carboxylic acid groups (broad SMARTS) is 1. The maximum atomic E-state index is 12.8. The van der Waals surface area contributed by atoms with Crippen LogP contribution in [-0.2, 0) is 4.79 Å². The molecule has 1 rings (SSSR count). The number of carbonyl (C=O) groups is 1. The first kappa shape index (κ1) is 14.5. The van der Waals surface area contributed by atoms with Crippen molar-refractivity contribution >= 4 is 11.7 Å². The highest BCUT2D eigenvalue weighted by Gasteiger charge is 2.04. The molecule has 0 saturated heterocycles. The molecule has 1 aromatic rings. The first-order chi connectivity index (χ1) is 8.63. The summed E-state index contributed by atoms with van der Waals surface area (Å²) in [5, 5.41) is 8.53. The summed E-state index contributed by atoms with van der Waals surface area (Å²) in [5.74, 6) is -0.961. The van der Waals surface area contributed by atoms with Crippen LogP contribution in [0.15, 0.2) is 24.3 Å². The van der Waals surface area contributed by atoms with Crippen LogP contribution in [0.2, 0.25) is 0 Å². The van der Waals surface area contributed by atoms with Crippen molar-refractivity contribution in [1.29, 1.82) is 0 Å². The van der Waals surface area contributed by atoms with Crippen molar-refractivity contribution in [1.82, 2.24) is 0 Å². The minimum absolute atomic E-state index is 0.226. The standard InChI is InChI=1S/C14H20FNO2/c1-2-16(11-5-3-4-6-14(17)18)13-9-7-12(15)8-10-13/h7-10H,2-6,11H2,1H3,(H,17,18). The second-order valence-corrected chi connectivity index (χ2v) is 4.26. The van der Waals surface area contributed by atoms with E-state index in [1.807, 2.05) is 0 Å². The van der Waals surface area contributed by atoms with Crippen LogP contribution in [-0.4, -0.2) is 24.2 Å². The molecule has 1 aromatic carbocycles. The molecule has 100 valence electrons. The Morgan fingerprint density at radius 1 is 1.22 bits per heavy atom. The second kappa shape index (κ2) is 7.69. The quantitative estimate of drug-likeness (QED) is 0.723. The molecule has 0 amide bonds. The van der Waals surface area contributed by atoms with E-state index < -0.39 is 5.97 Å². The van der Waals surface area contributed by atoms with Crippen molar-refractivity contribution in [3.05, 3.63) is 30.1 Å². The Bertz CT molecular complexity index is 365. The number of halogens is 1. The minimum atomic E-state index is -0.735. The Morgan fingerprint density at radius 3 is 2.44 bits per heavy atom. The number of hydrogen-bond donors (Lipinski definition) is 1. The maximum Gasteiger partial charge on any atom is 0.303 e. The highest BCUT2D eigenvalue weighted by Crippen LogP contribution is 2.15. The van der Waals surface area contributed by atoms with Gasteiger partial charge in [0.15, 0.2) is 0 Å². The Kier molecular flexibility index (Phi) is 6.19. The molecule has 4 heteroatoms. The molecular formula is C14H20FNO2. The van der Waals surface area contributed by atoms with Gasteiger partial charge in [0.25, 0.3) is 0 Å². The van der Waals surface area contributed by atoms with Crippen LogP contribution in [0.5, 0.6) is 0 Å². The van der Waals surface area contributed by atoms with E-state index in [4.69, 9.17) is 5.11 Å². The molecule has 0 aliphatic heterocycles. The van der Waals surface area contributed by atoms with Crippen molar-refractivity contribution in [3.8, 4) is 0 Å². The van der Waals surface area contributed by atoms with Crippen molar-refractivity contribution < 1.29 is 14.3 Å². The molecule has 0 aliphatic rings. The van der Waals surface area contributed by atoms with Gasteiger partial charge >= 0.3 is 5.97 Å². The minimum Gasteiger partial charge on any atom is -0.481 e. The number of benzene rings is 1. The van der Waals surface area contributed by atoms with Gasteiger partial charge in [-0.05, 0) is 44.0 Å². The molecular weight excluding hydrogens is 233 g/mol. The zero-order chi connectivity index (χ0) is 13.4. The predicted octanol–water partition coefficient (Wildman–Crippen LogP) is 3.30. The van der Waals surface area contributed by atoms with Crippen LogP contribution in [0.25, 0.3) is 0 Å². The molecule has 3 nitrogen and oxygen atoms in total. The molecule has 0 aromatic heterocycles. The van der Waals surface area contributed by atoms with E-state index in [2.05, 4.69) is 11.8 Å². The van der Waals surface area contributed by atoms with Crippen LogP contribution >= 0.6 is 0 Å². The molecule has 0 heterocycles. The smallest absolute Gasteiger partial charge is 0.303 e. The zero-order valence-corrected chi connectivity index (χ0v) is 10.7. The molecule has 0 fully saturated rings. The Labute approximate surface area is 107 Å². The lowest BCUT2D eigenvalue weighted by Gasteiger charge is -2.23. The van der Waals surface area contributed by atoms with E-state index in [1.165, 1.54) is 12.1 Å². The third-order valence-corrected chi connectivity index (χ3v) is 2.89. The lowest BCUT2D eigenvalue weighted by molar-refractivity contribution is -0.137. The Balaban J connectivity index is 2.33. The van der Waals surface area contributed by atoms with Crippen LogP contribution in [0.4, 0.5) is 10.1 Å². The highest BCUT2D eigenvalue weighted by molar-refractivity contribution is 5.66. The zero-order valence-electron chi connectivity index (χ0n) is 10.7. The van der Waals surface area contributed by atoms with E-state index in [-0.39, 0.29) is 12.2 Å². The SMILES string of the molecule is CCN(CCCCCC(=O)O)c1ccc(F)cc1. The number of hydrogen-bond acceptors (Lipinski definition) is 2. The number of rotatable bonds is 8. The van der Waals surface area contributed by atoms with Crippen LogP contribution in [0, 0.1) is 5.82 Å². The molecule has 0 bridgehead atoms. The normalized spacial score (nSPS) is 10.3. The maximum absolute atomic E-state index is 12.8. The fraction of sp³-hybridized carbons (Fsp3) is 0.500. The first-order valence-corrected chi connectivity index (χ1v) is 6.35. The molecule has 0 spiro atoms. The van der Waals surface area contributed by atoms with Gasteiger partial charge in [-0.2, -0.15) is 0 Å². The summed E-state index contributed by atoms with van der Waals surface area (Å²) < 4.78 is 12.8. The van der Waals surface area contributed by atoms with Gasteiger partial charge in [0, 0.05) is 25.2 Å². The lowest BCUT2D eigenvalue weighted by Crippen LogP contribution is -2.23. The van der Waals surface area contributed by atoms with Gasteiger partial charge in [0.05, 0.1) is 0 Å². The molecule has 0 aliphatic carbocycles. The topological polar surface area (TPSA) is 40.5 Å².